The van der Waals surface area contributed by atoms with Crippen LogP contribution in [0, 0.1) is 0 Å². The molecular formula is C7H7F9O2. The van der Waals surface area contributed by atoms with Gasteiger partial charge in [-0.2, -0.15) is 39.5 Å². The van der Waals surface area contributed by atoms with Gasteiger partial charge in [0.2, 0.25) is 0 Å². The van der Waals surface area contributed by atoms with Gasteiger partial charge in [0, 0.05) is 0 Å². The van der Waals surface area contributed by atoms with Crippen molar-refractivity contribution < 1.29 is 49.4 Å². The lowest BCUT2D eigenvalue weighted by molar-refractivity contribution is -0.464. The summed E-state index contributed by atoms with van der Waals surface area (Å²) in [6.45, 7) is -0.998. The summed E-state index contributed by atoms with van der Waals surface area (Å²) in [6, 6.07) is 0. The lowest BCUT2D eigenvalue weighted by Gasteiger charge is -2.39. The van der Waals surface area contributed by atoms with Gasteiger partial charge in [-0.15, -0.1) is 0 Å². The molecular weight excluding hydrogens is 287 g/mol. The van der Waals surface area contributed by atoms with Crippen LogP contribution in [0.3, 0.4) is 0 Å². The number of aliphatic hydroxyl groups excluding tert-OH is 1. The molecule has 0 fully saturated rings. The highest BCUT2D eigenvalue weighted by Crippen LogP contribution is 2.55. The van der Waals surface area contributed by atoms with Crippen LogP contribution < -0.4 is 0 Å². The number of rotatable bonds is 3. The average Bonchev–Trinajstić information content (AvgIpc) is 2.07. The van der Waals surface area contributed by atoms with Crippen molar-refractivity contribution in [3.8, 4) is 0 Å². The molecule has 0 aromatic heterocycles. The minimum absolute atomic E-state index is 0.442. The SMILES string of the molecule is CC(CO)OC(C(F)(F)F)(C(F)(F)F)C(F)(F)F. The maximum absolute atomic E-state index is 12.2. The van der Waals surface area contributed by atoms with E-state index >= 15 is 0 Å². The Morgan fingerprint density at radius 2 is 1.11 bits per heavy atom. The van der Waals surface area contributed by atoms with Gasteiger partial charge in [-0.25, -0.2) is 0 Å². The van der Waals surface area contributed by atoms with Gasteiger partial charge < -0.3 is 9.84 Å². The minimum atomic E-state index is -6.77. The summed E-state index contributed by atoms with van der Waals surface area (Å²) < 4.78 is 113. The molecule has 0 heterocycles. The summed E-state index contributed by atoms with van der Waals surface area (Å²) >= 11 is 0. The Kier molecular flexibility index (Phi) is 4.57. The zero-order chi connectivity index (χ0) is 15.0. The first-order valence-electron chi connectivity index (χ1n) is 4.19. The third-order valence-corrected chi connectivity index (χ3v) is 1.83. The van der Waals surface area contributed by atoms with Crippen molar-refractivity contribution in [3.63, 3.8) is 0 Å². The number of hydrogen-bond donors (Lipinski definition) is 1. The number of halogens is 9. The molecule has 0 radical (unpaired) electrons. The molecule has 11 heteroatoms. The average molecular weight is 294 g/mol. The van der Waals surface area contributed by atoms with Crippen LogP contribution >= 0.6 is 0 Å². The highest BCUT2D eigenvalue weighted by Gasteiger charge is 2.85. The van der Waals surface area contributed by atoms with Crippen LogP contribution in [-0.4, -0.2) is 41.9 Å². The molecule has 0 amide bonds. The second kappa shape index (κ2) is 4.76. The highest BCUT2D eigenvalue weighted by atomic mass is 19.4. The Labute approximate surface area is 94.3 Å². The standard InChI is InChI=1S/C7H7F9O2/c1-3(2-17)18-4(5(8,9)10,6(11,12)13)7(14,15)16/h3,17H,2H2,1H3. The molecule has 0 rings (SSSR count). The quantitative estimate of drug-likeness (QED) is 0.811. The normalized spacial score (nSPS) is 16.8. The molecule has 0 aromatic carbocycles. The van der Waals surface area contributed by atoms with E-state index in [1.165, 1.54) is 0 Å². The number of ether oxygens (including phenoxy) is 1. The van der Waals surface area contributed by atoms with Crippen LogP contribution in [0.15, 0.2) is 0 Å². The lowest BCUT2D eigenvalue weighted by atomic mass is 10.0. The summed E-state index contributed by atoms with van der Waals surface area (Å²) in [5, 5.41) is 8.27. The summed E-state index contributed by atoms with van der Waals surface area (Å²) in [6.07, 6.45) is -22.6. The molecule has 18 heavy (non-hydrogen) atoms. The zero-order valence-corrected chi connectivity index (χ0v) is 8.54. The molecule has 0 bridgehead atoms. The number of aliphatic hydroxyl groups is 1. The van der Waals surface area contributed by atoms with E-state index in [1.807, 2.05) is 0 Å². The molecule has 0 saturated carbocycles. The minimum Gasteiger partial charge on any atom is -0.394 e. The van der Waals surface area contributed by atoms with E-state index in [2.05, 4.69) is 4.74 Å². The first-order valence-corrected chi connectivity index (χ1v) is 4.19. The summed E-state index contributed by atoms with van der Waals surface area (Å²) in [4.78, 5) is 0. The second-order valence-corrected chi connectivity index (χ2v) is 3.29. The zero-order valence-electron chi connectivity index (χ0n) is 8.54. The third kappa shape index (κ3) is 2.82. The van der Waals surface area contributed by atoms with Crippen molar-refractivity contribution in [1.29, 1.82) is 0 Å². The monoisotopic (exact) mass is 294 g/mol. The van der Waals surface area contributed by atoms with E-state index in [0.717, 1.165) is 0 Å². The Hall–Kier alpha value is -0.710. The fourth-order valence-electron chi connectivity index (χ4n) is 1.02. The van der Waals surface area contributed by atoms with Gasteiger partial charge in [-0.3, -0.25) is 0 Å². The maximum atomic E-state index is 12.2. The van der Waals surface area contributed by atoms with Gasteiger partial charge >= 0.3 is 24.1 Å². The largest absolute Gasteiger partial charge is 0.435 e. The van der Waals surface area contributed by atoms with Gasteiger partial charge in [-0.05, 0) is 6.92 Å². The molecule has 0 aliphatic rings. The van der Waals surface area contributed by atoms with Crippen LogP contribution in [0.5, 0.6) is 0 Å². The summed E-state index contributed by atoms with van der Waals surface area (Å²) in [5.41, 5.74) is -6.32. The number of alkyl halides is 9. The van der Waals surface area contributed by atoms with Crippen LogP contribution in [-0.2, 0) is 4.74 Å². The fraction of sp³-hybridized carbons (Fsp3) is 1.00. The van der Waals surface area contributed by atoms with E-state index in [0.29, 0.717) is 6.92 Å². The Balaban J connectivity index is 5.92. The van der Waals surface area contributed by atoms with Crippen LogP contribution in [0.25, 0.3) is 0 Å². The highest BCUT2D eigenvalue weighted by molar-refractivity contribution is 5.02. The molecule has 0 aliphatic heterocycles. The third-order valence-electron chi connectivity index (χ3n) is 1.83. The van der Waals surface area contributed by atoms with E-state index in [-0.39, 0.29) is 0 Å². The first kappa shape index (κ1) is 17.3. The molecule has 1 atom stereocenters. The van der Waals surface area contributed by atoms with Crippen molar-refractivity contribution in [2.24, 2.45) is 0 Å². The van der Waals surface area contributed by atoms with Crippen LogP contribution in [0.4, 0.5) is 39.5 Å². The van der Waals surface area contributed by atoms with E-state index in [1.54, 1.807) is 0 Å². The molecule has 0 aliphatic carbocycles. The smallest absolute Gasteiger partial charge is 0.394 e. The van der Waals surface area contributed by atoms with Crippen molar-refractivity contribution in [2.45, 2.75) is 37.2 Å². The van der Waals surface area contributed by atoms with E-state index in [9.17, 15) is 39.5 Å². The van der Waals surface area contributed by atoms with E-state index < -0.39 is 36.8 Å². The Morgan fingerprint density at radius 1 is 0.833 bits per heavy atom. The molecule has 2 nitrogen and oxygen atoms in total. The van der Waals surface area contributed by atoms with Crippen molar-refractivity contribution >= 4 is 0 Å². The molecule has 0 saturated heterocycles. The van der Waals surface area contributed by atoms with Gasteiger partial charge in [-0.1, -0.05) is 0 Å². The lowest BCUT2D eigenvalue weighted by Crippen LogP contribution is -2.68. The predicted octanol–water partition coefficient (Wildman–Crippen LogP) is 2.81. The fourth-order valence-corrected chi connectivity index (χ4v) is 1.02. The van der Waals surface area contributed by atoms with Gasteiger partial charge in [0.15, 0.2) is 0 Å². The van der Waals surface area contributed by atoms with Crippen LogP contribution in [0.1, 0.15) is 6.92 Å². The van der Waals surface area contributed by atoms with Crippen molar-refractivity contribution in [2.75, 3.05) is 6.61 Å². The molecule has 110 valence electrons. The van der Waals surface area contributed by atoms with Crippen LogP contribution in [0.2, 0.25) is 0 Å². The van der Waals surface area contributed by atoms with Gasteiger partial charge in [0.25, 0.3) is 0 Å². The topological polar surface area (TPSA) is 29.5 Å². The van der Waals surface area contributed by atoms with Gasteiger partial charge in [0.1, 0.15) is 0 Å². The number of hydrogen-bond acceptors (Lipinski definition) is 2. The van der Waals surface area contributed by atoms with Crippen molar-refractivity contribution in [3.05, 3.63) is 0 Å². The molecule has 0 spiro atoms. The molecule has 1 unspecified atom stereocenters. The maximum Gasteiger partial charge on any atom is 0.435 e. The van der Waals surface area contributed by atoms with Crippen molar-refractivity contribution in [1.82, 2.24) is 0 Å². The van der Waals surface area contributed by atoms with Gasteiger partial charge in [0.05, 0.1) is 12.7 Å². The predicted molar refractivity (Wildman–Crippen MR) is 38.5 cm³/mol. The second-order valence-electron chi connectivity index (χ2n) is 3.29. The first-order chi connectivity index (χ1) is 7.70. The Morgan fingerprint density at radius 3 is 1.28 bits per heavy atom. The Bertz CT molecular complexity index is 240. The molecule has 0 aromatic rings. The summed E-state index contributed by atoms with van der Waals surface area (Å²) in [5.74, 6) is 0. The molecule has 1 N–H and O–H groups in total. The van der Waals surface area contributed by atoms with E-state index in [4.69, 9.17) is 5.11 Å². The summed E-state index contributed by atoms with van der Waals surface area (Å²) in [7, 11) is 0.